The normalized spacial score (nSPS) is 13.3. The lowest BCUT2D eigenvalue weighted by atomic mass is 10.0. The van der Waals surface area contributed by atoms with Gasteiger partial charge in [-0.25, -0.2) is 9.59 Å². The predicted octanol–water partition coefficient (Wildman–Crippen LogP) is 5.86. The van der Waals surface area contributed by atoms with E-state index in [1.165, 1.54) is 64.2 Å². The quantitative estimate of drug-likeness (QED) is 0.0369. The van der Waals surface area contributed by atoms with Crippen LogP contribution >= 0.6 is 0 Å². The number of nitrogens with one attached hydrogen (secondary N) is 3. The number of nitrogens with zero attached hydrogens (tertiary/aromatic N) is 1. The van der Waals surface area contributed by atoms with Crippen LogP contribution in [0.5, 0.6) is 0 Å². The first-order chi connectivity index (χ1) is 32.4. The molecule has 1 aliphatic rings. The smallest absolute Gasteiger partial charge is 0.358 e. The number of hydroxylamine groups is 2. The number of unbranched alkanes of at least 4 members (excludes halogenated alkanes) is 15. The molecule has 68 heavy (non-hydrogen) atoms. The minimum absolute atomic E-state index is 0.00461. The van der Waals surface area contributed by atoms with Crippen molar-refractivity contribution in [3.8, 4) is 0 Å². The van der Waals surface area contributed by atoms with E-state index in [2.05, 4.69) is 20.8 Å². The zero-order valence-electron chi connectivity index (χ0n) is 42.3. The van der Waals surface area contributed by atoms with E-state index in [1.54, 1.807) is 20.8 Å². The molecule has 0 bridgehead atoms. The van der Waals surface area contributed by atoms with Gasteiger partial charge in [0.25, 0.3) is 11.8 Å². The molecule has 19 heteroatoms. The molecule has 0 aromatic carbocycles. The number of hydrogen-bond acceptors (Lipinski definition) is 15. The third-order valence-corrected chi connectivity index (χ3v) is 10.2. The van der Waals surface area contributed by atoms with Crippen molar-refractivity contribution in [2.45, 2.75) is 200 Å². The molecular formula is C49H86N4O15. The Hall–Kier alpha value is -4.20. The van der Waals surface area contributed by atoms with Crippen molar-refractivity contribution < 1.29 is 71.6 Å². The van der Waals surface area contributed by atoms with Crippen LogP contribution in [0.15, 0.2) is 0 Å². The van der Waals surface area contributed by atoms with Crippen LogP contribution in [0, 0.1) is 0 Å². The molecule has 0 aliphatic carbocycles. The van der Waals surface area contributed by atoms with Crippen molar-refractivity contribution in [3.05, 3.63) is 0 Å². The third-order valence-electron chi connectivity index (χ3n) is 10.2. The molecule has 1 heterocycles. The van der Waals surface area contributed by atoms with Gasteiger partial charge in [-0.2, -0.15) is 0 Å². The summed E-state index contributed by atoms with van der Waals surface area (Å²) >= 11 is 0. The number of hydrogen-bond donors (Lipinski definition) is 3. The fourth-order valence-electron chi connectivity index (χ4n) is 6.80. The van der Waals surface area contributed by atoms with E-state index in [0.29, 0.717) is 17.9 Å². The maximum Gasteiger partial charge on any atom is 0.358 e. The Labute approximate surface area is 405 Å². The van der Waals surface area contributed by atoms with Gasteiger partial charge < -0.3 is 49.2 Å². The standard InChI is InChI=1S/C49H86N4O15/c1-48(2,3)66-45(59)24-22-20-18-16-14-12-10-8-7-9-11-13-15-17-19-21-23-41(55)52-39(47(61)67-49(4,5)6)25-26-40(54)50-29-31-62-33-35-64-37-42(56)51-30-32-63-34-36-65-38-46(60)68-53-43(57)27-28-44(53)58/h39H,7-38H2,1-6H3,(H,50,54)(H,51,56)(H,52,55). The highest BCUT2D eigenvalue weighted by molar-refractivity contribution is 6.01. The third kappa shape index (κ3) is 36.8. The zero-order valence-corrected chi connectivity index (χ0v) is 42.3. The van der Waals surface area contributed by atoms with Crippen molar-refractivity contribution in [2.75, 3.05) is 65.9 Å². The minimum atomic E-state index is -0.943. The summed E-state index contributed by atoms with van der Waals surface area (Å²) in [6.07, 6.45) is 19.3. The molecule has 392 valence electrons. The monoisotopic (exact) mass is 971 g/mol. The van der Waals surface area contributed by atoms with Gasteiger partial charge in [0.2, 0.25) is 17.7 Å². The Morgan fingerprint density at radius 1 is 0.485 bits per heavy atom. The van der Waals surface area contributed by atoms with Gasteiger partial charge in [-0.05, 0) is 60.8 Å². The Morgan fingerprint density at radius 3 is 1.40 bits per heavy atom. The molecule has 5 amide bonds. The summed E-state index contributed by atoms with van der Waals surface area (Å²) in [5.41, 5.74) is -1.15. The average molecular weight is 971 g/mol. The van der Waals surface area contributed by atoms with E-state index >= 15 is 0 Å². The number of amides is 5. The average Bonchev–Trinajstić information content (AvgIpc) is 3.57. The largest absolute Gasteiger partial charge is 0.460 e. The van der Waals surface area contributed by atoms with Crippen LogP contribution in [-0.2, 0) is 71.6 Å². The Bertz CT molecular complexity index is 1460. The summed E-state index contributed by atoms with van der Waals surface area (Å²) < 4.78 is 32.0. The molecule has 0 aromatic heterocycles. The molecule has 1 aliphatic heterocycles. The lowest BCUT2D eigenvalue weighted by molar-refractivity contribution is -0.200. The molecule has 1 fully saturated rings. The van der Waals surface area contributed by atoms with Gasteiger partial charge in [-0.1, -0.05) is 89.9 Å². The number of carbonyl (C=O) groups is 8. The molecule has 0 saturated carbocycles. The van der Waals surface area contributed by atoms with Gasteiger partial charge >= 0.3 is 17.9 Å². The molecular weight excluding hydrogens is 885 g/mol. The molecule has 3 N–H and O–H groups in total. The van der Waals surface area contributed by atoms with Crippen LogP contribution in [0.1, 0.15) is 183 Å². The number of rotatable bonds is 41. The van der Waals surface area contributed by atoms with Gasteiger partial charge in [-0.3, -0.25) is 28.8 Å². The van der Waals surface area contributed by atoms with Crippen molar-refractivity contribution in [1.29, 1.82) is 0 Å². The van der Waals surface area contributed by atoms with E-state index in [1.807, 2.05) is 20.8 Å². The fraction of sp³-hybridized carbons (Fsp3) is 0.837. The molecule has 0 spiro atoms. The SMILES string of the molecule is CC(C)(C)OC(=O)CCCCCCCCCCCCCCCCCCC(=O)NC(CCC(=O)NCCOCCOCC(=O)NCCOCCOCC(=O)ON1C(=O)CCC1=O)C(=O)OC(C)(C)C. The first-order valence-electron chi connectivity index (χ1n) is 25.0. The van der Waals surface area contributed by atoms with E-state index in [4.69, 9.17) is 28.4 Å². The number of ether oxygens (including phenoxy) is 6. The Balaban J connectivity index is 2.04. The molecule has 1 saturated heterocycles. The van der Waals surface area contributed by atoms with E-state index in [0.717, 1.165) is 38.5 Å². The molecule has 0 radical (unpaired) electrons. The van der Waals surface area contributed by atoms with Gasteiger partial charge in [0.15, 0.2) is 0 Å². The lowest BCUT2D eigenvalue weighted by Gasteiger charge is -2.24. The number of carbonyl (C=O) groups excluding carboxylic acids is 8. The van der Waals surface area contributed by atoms with E-state index in [-0.39, 0.29) is 109 Å². The van der Waals surface area contributed by atoms with Gasteiger partial charge in [-0.15, -0.1) is 5.06 Å². The maximum atomic E-state index is 12.9. The zero-order chi connectivity index (χ0) is 50.5. The number of imide groups is 1. The topological polar surface area (TPSA) is 240 Å². The molecule has 1 atom stereocenters. The van der Waals surface area contributed by atoms with Crippen molar-refractivity contribution >= 4 is 47.4 Å². The first-order valence-corrected chi connectivity index (χ1v) is 25.0. The second-order valence-corrected chi connectivity index (χ2v) is 19.0. The summed E-state index contributed by atoms with van der Waals surface area (Å²) in [6.45, 7) is 11.7. The van der Waals surface area contributed by atoms with Crippen LogP contribution in [0.25, 0.3) is 0 Å². The summed E-state index contributed by atoms with van der Waals surface area (Å²) in [5, 5.41) is 8.60. The van der Waals surface area contributed by atoms with Crippen molar-refractivity contribution in [2.24, 2.45) is 0 Å². The first kappa shape index (κ1) is 61.8. The van der Waals surface area contributed by atoms with Crippen LogP contribution in [0.2, 0.25) is 0 Å². The van der Waals surface area contributed by atoms with E-state index < -0.39 is 47.6 Å². The van der Waals surface area contributed by atoms with Crippen LogP contribution in [-0.4, -0.2) is 136 Å². The highest BCUT2D eigenvalue weighted by Gasteiger charge is 2.33. The lowest BCUT2D eigenvalue weighted by Crippen LogP contribution is -2.44. The second-order valence-electron chi connectivity index (χ2n) is 19.0. The Kier molecular flexibility index (Phi) is 34.2. The summed E-state index contributed by atoms with van der Waals surface area (Å²) in [6, 6.07) is -0.943. The van der Waals surface area contributed by atoms with Gasteiger partial charge in [0.1, 0.15) is 30.5 Å². The number of esters is 2. The second kappa shape index (κ2) is 37.7. The summed E-state index contributed by atoms with van der Waals surface area (Å²) in [5.74, 6) is -3.58. The predicted molar refractivity (Wildman–Crippen MR) is 252 cm³/mol. The van der Waals surface area contributed by atoms with Crippen LogP contribution in [0.3, 0.4) is 0 Å². The summed E-state index contributed by atoms with van der Waals surface area (Å²) in [4.78, 5) is 101. The molecule has 19 nitrogen and oxygen atoms in total. The molecule has 1 rings (SSSR count). The van der Waals surface area contributed by atoms with Gasteiger partial charge in [0.05, 0.1) is 39.6 Å². The highest BCUT2D eigenvalue weighted by Crippen LogP contribution is 2.17. The summed E-state index contributed by atoms with van der Waals surface area (Å²) in [7, 11) is 0. The Morgan fingerprint density at radius 2 is 0.912 bits per heavy atom. The van der Waals surface area contributed by atoms with E-state index in [9.17, 15) is 38.4 Å². The molecule has 1 unspecified atom stereocenters. The van der Waals surface area contributed by atoms with Gasteiger partial charge in [0, 0.05) is 45.2 Å². The van der Waals surface area contributed by atoms with Crippen LogP contribution in [0.4, 0.5) is 0 Å². The molecule has 0 aromatic rings. The van der Waals surface area contributed by atoms with Crippen molar-refractivity contribution in [3.63, 3.8) is 0 Å². The fourth-order valence-corrected chi connectivity index (χ4v) is 6.80. The van der Waals surface area contributed by atoms with Crippen molar-refractivity contribution in [1.82, 2.24) is 21.0 Å². The maximum absolute atomic E-state index is 12.9. The minimum Gasteiger partial charge on any atom is -0.460 e. The van der Waals surface area contributed by atoms with Crippen LogP contribution < -0.4 is 16.0 Å². The highest BCUT2D eigenvalue weighted by atomic mass is 16.7.